The maximum absolute atomic E-state index is 11.4. The molecular weight excluding hydrogens is 232 g/mol. The number of rotatable bonds is 7. The molecule has 0 aromatic heterocycles. The van der Waals surface area contributed by atoms with Crippen molar-refractivity contribution in [3.63, 3.8) is 0 Å². The van der Waals surface area contributed by atoms with Crippen molar-refractivity contribution in [3.8, 4) is 0 Å². The van der Waals surface area contributed by atoms with Gasteiger partial charge in [0.15, 0.2) is 0 Å². The Morgan fingerprint density at radius 1 is 1.61 bits per heavy atom. The van der Waals surface area contributed by atoms with Gasteiger partial charge in [-0.1, -0.05) is 6.92 Å². The first-order valence-corrected chi connectivity index (χ1v) is 6.71. The molecule has 1 fully saturated rings. The van der Waals surface area contributed by atoms with Crippen LogP contribution in [0.4, 0.5) is 0 Å². The summed E-state index contributed by atoms with van der Waals surface area (Å²) in [6.07, 6.45) is 2.08. The zero-order valence-corrected chi connectivity index (χ0v) is 11.9. The maximum atomic E-state index is 11.4. The van der Waals surface area contributed by atoms with E-state index in [2.05, 4.69) is 10.2 Å². The number of carboxylic acids is 1. The molecule has 2 N–H and O–H groups in total. The molecule has 106 valence electrons. The van der Waals surface area contributed by atoms with E-state index in [0.717, 1.165) is 19.4 Å². The Morgan fingerprint density at radius 2 is 2.28 bits per heavy atom. The Balaban J connectivity index is 2.62. The molecule has 0 spiro atoms. The number of hydrogen-bond acceptors (Lipinski definition) is 4. The van der Waals surface area contributed by atoms with Crippen molar-refractivity contribution in [1.29, 1.82) is 0 Å². The Bertz CT molecular complexity index is 285. The normalized spacial score (nSPS) is 27.4. The van der Waals surface area contributed by atoms with Crippen molar-refractivity contribution < 1.29 is 14.6 Å². The molecule has 18 heavy (non-hydrogen) atoms. The van der Waals surface area contributed by atoms with Crippen LogP contribution in [-0.4, -0.2) is 60.4 Å². The molecule has 5 heteroatoms. The molecule has 1 rings (SSSR count). The van der Waals surface area contributed by atoms with E-state index >= 15 is 0 Å². The minimum atomic E-state index is -0.896. The van der Waals surface area contributed by atoms with Crippen molar-refractivity contribution in [2.45, 2.75) is 51.3 Å². The van der Waals surface area contributed by atoms with E-state index in [1.165, 1.54) is 0 Å². The van der Waals surface area contributed by atoms with Crippen LogP contribution in [0.1, 0.15) is 33.6 Å². The highest BCUT2D eigenvalue weighted by molar-refractivity contribution is 5.78. The predicted octanol–water partition coefficient (Wildman–Crippen LogP) is 0.939. The number of likely N-dealkylation sites (N-methyl/N-ethyl adjacent to an activating group) is 1. The standard InChI is InChI=1S/C13H26N2O3/c1-5-7-14-13(3,12(16)17)9-15(4)11-6-8-18-10(11)2/h10-11,14H,5-9H2,1-4H3,(H,16,17). The molecule has 1 aliphatic heterocycles. The highest BCUT2D eigenvalue weighted by atomic mass is 16.5. The van der Waals surface area contributed by atoms with E-state index in [1.807, 2.05) is 20.9 Å². The van der Waals surface area contributed by atoms with Gasteiger partial charge in [0.2, 0.25) is 0 Å². The number of hydrogen-bond donors (Lipinski definition) is 2. The molecule has 3 atom stereocenters. The summed E-state index contributed by atoms with van der Waals surface area (Å²) in [6.45, 7) is 7.80. The van der Waals surface area contributed by atoms with Crippen LogP contribution < -0.4 is 5.32 Å². The fraction of sp³-hybridized carbons (Fsp3) is 0.923. The Labute approximate surface area is 109 Å². The second-order valence-corrected chi connectivity index (χ2v) is 5.41. The molecular formula is C13H26N2O3. The minimum absolute atomic E-state index is 0.180. The smallest absolute Gasteiger partial charge is 0.324 e. The molecule has 1 aliphatic rings. The summed E-state index contributed by atoms with van der Waals surface area (Å²) in [6, 6.07) is 0.312. The summed E-state index contributed by atoms with van der Waals surface area (Å²) in [5.41, 5.74) is -0.896. The average molecular weight is 258 g/mol. The van der Waals surface area contributed by atoms with Gasteiger partial charge in [0.1, 0.15) is 5.54 Å². The summed E-state index contributed by atoms with van der Waals surface area (Å²) in [7, 11) is 1.98. The Hall–Kier alpha value is -0.650. The van der Waals surface area contributed by atoms with Crippen LogP contribution in [0.2, 0.25) is 0 Å². The van der Waals surface area contributed by atoms with Crippen molar-refractivity contribution in [3.05, 3.63) is 0 Å². The van der Waals surface area contributed by atoms with Crippen LogP contribution in [0.5, 0.6) is 0 Å². The maximum Gasteiger partial charge on any atom is 0.324 e. The minimum Gasteiger partial charge on any atom is -0.480 e. The summed E-state index contributed by atoms with van der Waals surface area (Å²) >= 11 is 0. The lowest BCUT2D eigenvalue weighted by molar-refractivity contribution is -0.145. The average Bonchev–Trinajstić information content (AvgIpc) is 2.72. The lowest BCUT2D eigenvalue weighted by Gasteiger charge is -2.35. The monoisotopic (exact) mass is 258 g/mol. The number of carboxylic acid groups (broad SMARTS) is 1. The van der Waals surface area contributed by atoms with E-state index < -0.39 is 11.5 Å². The zero-order chi connectivity index (χ0) is 13.8. The van der Waals surface area contributed by atoms with Gasteiger partial charge >= 0.3 is 5.97 Å². The van der Waals surface area contributed by atoms with Gasteiger partial charge in [-0.15, -0.1) is 0 Å². The van der Waals surface area contributed by atoms with Gasteiger partial charge in [-0.3, -0.25) is 9.69 Å². The van der Waals surface area contributed by atoms with Crippen LogP contribution in [0.25, 0.3) is 0 Å². The molecule has 1 heterocycles. The molecule has 0 bridgehead atoms. The third-order valence-corrected chi connectivity index (χ3v) is 3.71. The highest BCUT2D eigenvalue weighted by Crippen LogP contribution is 2.20. The van der Waals surface area contributed by atoms with Gasteiger partial charge in [0, 0.05) is 19.2 Å². The first-order valence-electron chi connectivity index (χ1n) is 6.71. The third-order valence-electron chi connectivity index (χ3n) is 3.71. The lowest BCUT2D eigenvalue weighted by Crippen LogP contribution is -2.58. The quantitative estimate of drug-likeness (QED) is 0.711. The van der Waals surface area contributed by atoms with Crippen LogP contribution in [0.15, 0.2) is 0 Å². The van der Waals surface area contributed by atoms with Gasteiger partial charge in [0.25, 0.3) is 0 Å². The fourth-order valence-electron chi connectivity index (χ4n) is 2.52. The molecule has 0 radical (unpaired) electrons. The molecule has 0 saturated carbocycles. The largest absolute Gasteiger partial charge is 0.480 e. The Morgan fingerprint density at radius 3 is 2.72 bits per heavy atom. The SMILES string of the molecule is CCCNC(C)(CN(C)C1CCOC1C)C(=O)O. The van der Waals surface area contributed by atoms with Crippen molar-refractivity contribution in [1.82, 2.24) is 10.2 Å². The van der Waals surface area contributed by atoms with Crippen LogP contribution in [0, 0.1) is 0 Å². The molecule has 0 aromatic rings. The summed E-state index contributed by atoms with van der Waals surface area (Å²) < 4.78 is 5.53. The van der Waals surface area contributed by atoms with Crippen LogP contribution in [0.3, 0.4) is 0 Å². The Kier molecular flexibility index (Phi) is 5.56. The predicted molar refractivity (Wildman–Crippen MR) is 70.8 cm³/mol. The molecule has 5 nitrogen and oxygen atoms in total. The number of nitrogens with zero attached hydrogens (tertiary/aromatic N) is 1. The number of ether oxygens (including phenoxy) is 1. The summed E-state index contributed by atoms with van der Waals surface area (Å²) in [5, 5.41) is 12.5. The molecule has 0 aliphatic carbocycles. The second kappa shape index (κ2) is 6.50. The summed E-state index contributed by atoms with van der Waals surface area (Å²) in [5.74, 6) is -0.797. The van der Waals surface area contributed by atoms with E-state index in [-0.39, 0.29) is 6.10 Å². The van der Waals surface area contributed by atoms with Crippen LogP contribution >= 0.6 is 0 Å². The zero-order valence-electron chi connectivity index (χ0n) is 11.9. The number of carbonyl (C=O) groups is 1. The third kappa shape index (κ3) is 3.67. The second-order valence-electron chi connectivity index (χ2n) is 5.41. The van der Waals surface area contributed by atoms with Crippen molar-refractivity contribution in [2.24, 2.45) is 0 Å². The van der Waals surface area contributed by atoms with Gasteiger partial charge in [-0.05, 0) is 40.3 Å². The number of aliphatic carboxylic acids is 1. The molecule has 0 amide bonds. The lowest BCUT2D eigenvalue weighted by atomic mass is 9.99. The summed E-state index contributed by atoms with van der Waals surface area (Å²) in [4.78, 5) is 13.5. The van der Waals surface area contributed by atoms with Gasteiger partial charge < -0.3 is 15.2 Å². The molecule has 3 unspecified atom stereocenters. The van der Waals surface area contributed by atoms with E-state index in [1.54, 1.807) is 6.92 Å². The fourth-order valence-corrected chi connectivity index (χ4v) is 2.52. The van der Waals surface area contributed by atoms with E-state index in [4.69, 9.17) is 4.74 Å². The number of nitrogens with one attached hydrogen (secondary N) is 1. The van der Waals surface area contributed by atoms with Gasteiger partial charge in [-0.2, -0.15) is 0 Å². The molecule has 1 saturated heterocycles. The van der Waals surface area contributed by atoms with Gasteiger partial charge in [-0.25, -0.2) is 0 Å². The van der Waals surface area contributed by atoms with Crippen molar-refractivity contribution >= 4 is 5.97 Å². The topological polar surface area (TPSA) is 61.8 Å². The highest BCUT2D eigenvalue weighted by Gasteiger charge is 2.37. The van der Waals surface area contributed by atoms with Gasteiger partial charge in [0.05, 0.1) is 6.10 Å². The first-order chi connectivity index (χ1) is 8.40. The van der Waals surface area contributed by atoms with E-state index in [0.29, 0.717) is 19.1 Å². The molecule has 0 aromatic carbocycles. The van der Waals surface area contributed by atoms with Crippen LogP contribution in [-0.2, 0) is 9.53 Å². The van der Waals surface area contributed by atoms with E-state index in [9.17, 15) is 9.90 Å². The van der Waals surface area contributed by atoms with Crippen molar-refractivity contribution in [2.75, 3.05) is 26.7 Å². The first kappa shape index (κ1) is 15.4.